The van der Waals surface area contributed by atoms with Crippen LogP contribution in [0.25, 0.3) is 0 Å². The largest absolute Gasteiger partial charge is 0.861 e. The summed E-state index contributed by atoms with van der Waals surface area (Å²) in [5, 5.41) is 13.4. The Labute approximate surface area is 71.4 Å². The van der Waals surface area contributed by atoms with Crippen molar-refractivity contribution in [1.29, 1.82) is 0 Å². The van der Waals surface area contributed by atoms with Crippen LogP contribution in [0.5, 0.6) is 0 Å². The van der Waals surface area contributed by atoms with Crippen molar-refractivity contribution >= 4 is 12.0 Å². The lowest BCUT2D eigenvalue weighted by Gasteiger charge is -2.18. The fourth-order valence-corrected chi connectivity index (χ4v) is 0.425. The van der Waals surface area contributed by atoms with Gasteiger partial charge in [0.1, 0.15) is 5.60 Å². The first-order chi connectivity index (χ1) is 5.31. The first kappa shape index (κ1) is 10.7. The van der Waals surface area contributed by atoms with Gasteiger partial charge in [-0.1, -0.05) is 0 Å². The van der Waals surface area contributed by atoms with Gasteiger partial charge in [0.15, 0.2) is 0 Å². The summed E-state index contributed by atoms with van der Waals surface area (Å²) < 4.78 is 4.79. The average molecular weight is 173 g/mol. The number of ether oxygens (including phenoxy) is 1. The van der Waals surface area contributed by atoms with Crippen molar-refractivity contribution in [3.05, 3.63) is 0 Å². The van der Waals surface area contributed by atoms with E-state index in [0.29, 0.717) is 0 Å². The fraction of sp³-hybridized carbons (Fsp3) is 0.714. The van der Waals surface area contributed by atoms with Gasteiger partial charge in [0.05, 0.1) is 0 Å². The standard InChI is InChI=1S/C7H14N2O3/c1-5(10)8-9-6(11)12-7(2,3)4/h1-4H3,(H,8,10)(H,9,11)/p-1. The minimum absolute atomic E-state index is 0.471. The monoisotopic (exact) mass is 173 g/mol. The summed E-state index contributed by atoms with van der Waals surface area (Å²) in [6, 6.07) is 0. The highest BCUT2D eigenvalue weighted by Crippen LogP contribution is 2.05. The molecule has 0 radical (unpaired) electrons. The number of hydrogen-bond donors (Lipinski definition) is 1. The Bertz CT molecular complexity index is 189. The van der Waals surface area contributed by atoms with E-state index in [1.54, 1.807) is 20.8 Å². The normalized spacial score (nSPS) is 12.5. The molecule has 0 aromatic rings. The van der Waals surface area contributed by atoms with Crippen LogP contribution < -0.4 is 10.5 Å². The number of nitrogens with one attached hydrogen (secondary N) is 1. The van der Waals surface area contributed by atoms with Crippen molar-refractivity contribution in [1.82, 2.24) is 5.43 Å². The molecule has 5 heteroatoms. The van der Waals surface area contributed by atoms with Gasteiger partial charge in [-0.15, -0.1) is 0 Å². The summed E-state index contributed by atoms with van der Waals surface area (Å²) in [5.41, 5.74) is 1.38. The number of carbonyl (C=O) groups is 1. The molecule has 1 amide bonds. The first-order valence-corrected chi connectivity index (χ1v) is 3.51. The van der Waals surface area contributed by atoms with Gasteiger partial charge >= 0.3 is 6.09 Å². The zero-order valence-corrected chi connectivity index (χ0v) is 7.67. The maximum absolute atomic E-state index is 10.8. The minimum Gasteiger partial charge on any atom is -0.861 e. The van der Waals surface area contributed by atoms with E-state index in [0.717, 1.165) is 0 Å². The molecule has 0 heterocycles. The van der Waals surface area contributed by atoms with Crippen molar-refractivity contribution in [3.8, 4) is 0 Å². The van der Waals surface area contributed by atoms with Crippen LogP contribution in [0.15, 0.2) is 5.10 Å². The lowest BCUT2D eigenvalue weighted by Crippen LogP contribution is -2.31. The second-order valence-electron chi connectivity index (χ2n) is 3.24. The molecule has 0 saturated carbocycles. The fourth-order valence-electron chi connectivity index (χ4n) is 0.425. The molecule has 0 aliphatic heterocycles. The number of hydrogen-bond acceptors (Lipinski definition) is 4. The lowest BCUT2D eigenvalue weighted by molar-refractivity contribution is -0.216. The van der Waals surface area contributed by atoms with E-state index >= 15 is 0 Å². The smallest absolute Gasteiger partial charge is 0.428 e. The Kier molecular flexibility index (Phi) is 3.53. The Balaban J connectivity index is 3.84. The third-order valence-corrected chi connectivity index (χ3v) is 0.704. The number of carbonyl (C=O) groups excluding carboxylic acids is 1. The van der Waals surface area contributed by atoms with Crippen molar-refractivity contribution in [3.63, 3.8) is 0 Å². The number of rotatable bonds is 1. The third-order valence-electron chi connectivity index (χ3n) is 0.704. The first-order valence-electron chi connectivity index (χ1n) is 3.51. The van der Waals surface area contributed by atoms with E-state index < -0.39 is 17.6 Å². The van der Waals surface area contributed by atoms with Gasteiger partial charge in [0.2, 0.25) is 0 Å². The summed E-state index contributed by atoms with van der Waals surface area (Å²) in [5.74, 6) is -0.471. The van der Waals surface area contributed by atoms with Crippen molar-refractivity contribution < 1.29 is 14.6 Å². The molecule has 0 fully saturated rings. The summed E-state index contributed by atoms with van der Waals surface area (Å²) in [6.07, 6.45) is -0.724. The second kappa shape index (κ2) is 3.94. The molecule has 0 saturated heterocycles. The van der Waals surface area contributed by atoms with Crippen LogP contribution in [0, 0.1) is 0 Å². The van der Waals surface area contributed by atoms with Crippen LogP contribution in [-0.4, -0.2) is 17.6 Å². The van der Waals surface area contributed by atoms with Gasteiger partial charge in [-0.3, -0.25) is 0 Å². The van der Waals surface area contributed by atoms with Crippen LogP contribution in [0.2, 0.25) is 0 Å². The van der Waals surface area contributed by atoms with E-state index in [9.17, 15) is 9.90 Å². The van der Waals surface area contributed by atoms with Crippen LogP contribution in [0.1, 0.15) is 27.7 Å². The van der Waals surface area contributed by atoms with E-state index in [2.05, 4.69) is 5.10 Å². The molecule has 0 spiro atoms. The predicted molar refractivity (Wildman–Crippen MR) is 42.5 cm³/mol. The van der Waals surface area contributed by atoms with Crippen LogP contribution in [0.3, 0.4) is 0 Å². The Hall–Kier alpha value is -1.26. The maximum atomic E-state index is 10.8. The summed E-state index contributed by atoms with van der Waals surface area (Å²) >= 11 is 0. The van der Waals surface area contributed by atoms with Gasteiger partial charge in [0.25, 0.3) is 0 Å². The molecule has 0 aromatic carbocycles. The number of amides is 1. The summed E-state index contributed by atoms with van der Waals surface area (Å²) in [6.45, 7) is 6.40. The van der Waals surface area contributed by atoms with Crippen LogP contribution >= 0.6 is 0 Å². The zero-order chi connectivity index (χ0) is 9.78. The molecule has 0 unspecified atom stereocenters. The molecule has 12 heavy (non-hydrogen) atoms. The number of nitrogens with zero attached hydrogens (tertiary/aromatic N) is 1. The highest BCUT2D eigenvalue weighted by atomic mass is 16.6. The molecule has 1 N–H and O–H groups in total. The van der Waals surface area contributed by atoms with Crippen molar-refractivity contribution in [2.24, 2.45) is 5.10 Å². The topological polar surface area (TPSA) is 73.8 Å². The van der Waals surface area contributed by atoms with Crippen molar-refractivity contribution in [2.45, 2.75) is 33.3 Å². The predicted octanol–water partition coefficient (Wildman–Crippen LogP) is 0.205. The van der Waals surface area contributed by atoms with Gasteiger partial charge in [0, 0.05) is 0 Å². The van der Waals surface area contributed by atoms with E-state index in [-0.39, 0.29) is 0 Å². The molecular formula is C7H13N2O3-. The summed E-state index contributed by atoms with van der Waals surface area (Å²) in [4.78, 5) is 10.8. The minimum atomic E-state index is -0.724. The highest BCUT2D eigenvalue weighted by Gasteiger charge is 2.15. The van der Waals surface area contributed by atoms with Crippen LogP contribution in [-0.2, 0) is 4.74 Å². The Morgan fingerprint density at radius 3 is 2.33 bits per heavy atom. The molecule has 0 rings (SSSR count). The molecule has 70 valence electrons. The van der Waals surface area contributed by atoms with E-state index in [1.165, 1.54) is 6.92 Å². The molecular weight excluding hydrogens is 160 g/mol. The molecule has 0 bridgehead atoms. The van der Waals surface area contributed by atoms with E-state index in [1.807, 2.05) is 5.43 Å². The summed E-state index contributed by atoms with van der Waals surface area (Å²) in [7, 11) is 0. The lowest BCUT2D eigenvalue weighted by atomic mass is 10.2. The molecule has 5 nitrogen and oxygen atoms in total. The quantitative estimate of drug-likeness (QED) is 0.350. The average Bonchev–Trinajstić information content (AvgIpc) is 1.79. The van der Waals surface area contributed by atoms with Gasteiger partial charge < -0.3 is 9.84 Å². The molecule has 0 atom stereocenters. The molecule has 0 aromatic heterocycles. The Morgan fingerprint density at radius 2 is 2.00 bits per heavy atom. The number of hydrazone groups is 1. The van der Waals surface area contributed by atoms with Gasteiger partial charge in [-0.05, 0) is 33.6 Å². The van der Waals surface area contributed by atoms with Gasteiger partial charge in [-0.25, -0.2) is 10.2 Å². The maximum Gasteiger partial charge on any atom is 0.428 e. The second-order valence-corrected chi connectivity index (χ2v) is 3.24. The van der Waals surface area contributed by atoms with Gasteiger partial charge in [-0.2, -0.15) is 5.10 Å². The van der Waals surface area contributed by atoms with Crippen LogP contribution in [0.4, 0.5) is 4.79 Å². The molecule has 0 aliphatic carbocycles. The Morgan fingerprint density at radius 1 is 1.50 bits per heavy atom. The zero-order valence-electron chi connectivity index (χ0n) is 7.67. The molecule has 0 aliphatic rings. The highest BCUT2D eigenvalue weighted by molar-refractivity contribution is 5.72. The van der Waals surface area contributed by atoms with Crippen molar-refractivity contribution in [2.75, 3.05) is 0 Å². The SMILES string of the molecule is CC([O-])=NNC(=O)OC(C)(C)C. The van der Waals surface area contributed by atoms with E-state index in [4.69, 9.17) is 4.74 Å². The third kappa shape index (κ3) is 6.85.